The molecule has 2 amide bonds. The number of methoxy groups -OCH3 is 1. The summed E-state index contributed by atoms with van der Waals surface area (Å²) in [6.45, 7) is 2.35. The minimum absolute atomic E-state index is 0.369. The molecule has 1 unspecified atom stereocenters. The Kier molecular flexibility index (Phi) is 4.67. The second-order valence-corrected chi connectivity index (χ2v) is 5.16. The molecule has 114 valence electrons. The van der Waals surface area contributed by atoms with Gasteiger partial charge in [0.2, 0.25) is 0 Å². The van der Waals surface area contributed by atoms with Crippen molar-refractivity contribution in [3.63, 3.8) is 0 Å². The second kappa shape index (κ2) is 6.47. The molecule has 2 N–H and O–H groups in total. The maximum atomic E-state index is 12.3. The molecule has 6 heteroatoms. The molecule has 6 nitrogen and oxygen atoms in total. The Balaban J connectivity index is 2.09. The Morgan fingerprint density at radius 2 is 2.14 bits per heavy atom. The fourth-order valence-electron chi connectivity index (χ4n) is 2.58. The van der Waals surface area contributed by atoms with E-state index in [1.807, 2.05) is 6.92 Å². The minimum atomic E-state index is -0.948. The van der Waals surface area contributed by atoms with Gasteiger partial charge >= 0.3 is 12.0 Å². The highest BCUT2D eigenvalue weighted by Gasteiger charge is 2.31. The Hall–Kier alpha value is -2.24. The van der Waals surface area contributed by atoms with E-state index >= 15 is 0 Å². The van der Waals surface area contributed by atoms with Crippen LogP contribution in [0.5, 0.6) is 5.75 Å². The molecule has 0 radical (unpaired) electrons. The van der Waals surface area contributed by atoms with Crippen LogP contribution in [0, 0.1) is 6.92 Å². The van der Waals surface area contributed by atoms with Crippen molar-refractivity contribution >= 4 is 17.7 Å². The zero-order valence-corrected chi connectivity index (χ0v) is 12.3. The van der Waals surface area contributed by atoms with Crippen molar-refractivity contribution in [1.29, 1.82) is 0 Å². The van der Waals surface area contributed by atoms with E-state index in [-0.39, 0.29) is 6.03 Å². The molecular weight excluding hydrogens is 272 g/mol. The lowest BCUT2D eigenvalue weighted by Crippen LogP contribution is -2.49. The highest BCUT2D eigenvalue weighted by atomic mass is 16.5. The van der Waals surface area contributed by atoms with E-state index in [0.717, 1.165) is 24.2 Å². The number of rotatable bonds is 3. The summed E-state index contributed by atoms with van der Waals surface area (Å²) in [5.74, 6) is -0.204. The quantitative estimate of drug-likeness (QED) is 0.897. The monoisotopic (exact) mass is 292 g/mol. The molecule has 1 aliphatic rings. The number of carbonyl (C=O) groups excluding carboxylic acids is 1. The lowest BCUT2D eigenvalue weighted by Gasteiger charge is -2.32. The van der Waals surface area contributed by atoms with Gasteiger partial charge in [-0.2, -0.15) is 0 Å². The van der Waals surface area contributed by atoms with Gasteiger partial charge in [0, 0.05) is 12.2 Å². The van der Waals surface area contributed by atoms with Gasteiger partial charge in [-0.1, -0.05) is 0 Å². The summed E-state index contributed by atoms with van der Waals surface area (Å²) in [5.41, 5.74) is 1.54. The molecule has 21 heavy (non-hydrogen) atoms. The van der Waals surface area contributed by atoms with E-state index < -0.39 is 12.0 Å². The van der Waals surface area contributed by atoms with Crippen molar-refractivity contribution in [2.45, 2.75) is 32.2 Å². The third-order valence-corrected chi connectivity index (χ3v) is 3.69. The van der Waals surface area contributed by atoms with Crippen LogP contribution in [0.3, 0.4) is 0 Å². The van der Waals surface area contributed by atoms with Gasteiger partial charge in [-0.05, 0) is 49.9 Å². The number of hydrogen-bond acceptors (Lipinski definition) is 3. The Morgan fingerprint density at radius 3 is 2.76 bits per heavy atom. The smallest absolute Gasteiger partial charge is 0.326 e. The number of ether oxygens (including phenoxy) is 1. The number of carboxylic acid groups (broad SMARTS) is 1. The molecule has 0 bridgehead atoms. The van der Waals surface area contributed by atoms with Gasteiger partial charge in [-0.3, -0.25) is 0 Å². The molecule has 1 heterocycles. The van der Waals surface area contributed by atoms with Gasteiger partial charge in [0.25, 0.3) is 0 Å². The van der Waals surface area contributed by atoms with Crippen molar-refractivity contribution in [1.82, 2.24) is 4.90 Å². The van der Waals surface area contributed by atoms with E-state index in [4.69, 9.17) is 4.74 Å². The van der Waals surface area contributed by atoms with Gasteiger partial charge in [0.15, 0.2) is 0 Å². The third-order valence-electron chi connectivity index (χ3n) is 3.69. The van der Waals surface area contributed by atoms with Crippen molar-refractivity contribution in [2.75, 3.05) is 19.0 Å². The van der Waals surface area contributed by atoms with Crippen LogP contribution in [0.15, 0.2) is 18.2 Å². The van der Waals surface area contributed by atoms with Gasteiger partial charge < -0.3 is 20.1 Å². The molecule has 1 fully saturated rings. The second-order valence-electron chi connectivity index (χ2n) is 5.16. The molecule has 2 rings (SSSR count). The highest BCUT2D eigenvalue weighted by molar-refractivity contribution is 5.92. The maximum absolute atomic E-state index is 12.3. The number of carboxylic acids is 1. The molecule has 0 spiro atoms. The molecular formula is C15H20N2O4. The van der Waals surface area contributed by atoms with Gasteiger partial charge in [0.1, 0.15) is 11.8 Å². The van der Waals surface area contributed by atoms with Crippen molar-refractivity contribution in [3.8, 4) is 5.75 Å². The standard InChI is InChI=1S/C15H20N2O4/c1-10-9-11(6-7-13(10)21-2)16-15(20)17-8-4-3-5-12(17)14(18)19/h6-7,9,12H,3-5,8H2,1-2H3,(H,16,20)(H,18,19). The predicted octanol–water partition coefficient (Wildman–Crippen LogP) is 2.47. The van der Waals surface area contributed by atoms with Crippen LogP contribution < -0.4 is 10.1 Å². The Labute approximate surface area is 123 Å². The molecule has 1 aromatic carbocycles. The summed E-state index contributed by atoms with van der Waals surface area (Å²) < 4.78 is 5.17. The first-order valence-corrected chi connectivity index (χ1v) is 6.98. The number of piperidine rings is 1. The van der Waals surface area contributed by atoms with Gasteiger partial charge in [-0.25, -0.2) is 9.59 Å². The van der Waals surface area contributed by atoms with Gasteiger partial charge in [-0.15, -0.1) is 0 Å². The van der Waals surface area contributed by atoms with Crippen LogP contribution in [0.4, 0.5) is 10.5 Å². The Bertz CT molecular complexity index is 544. The molecule has 0 aromatic heterocycles. The number of nitrogens with one attached hydrogen (secondary N) is 1. The summed E-state index contributed by atoms with van der Waals surface area (Å²) >= 11 is 0. The van der Waals surface area contributed by atoms with E-state index in [9.17, 15) is 14.7 Å². The number of hydrogen-bond donors (Lipinski definition) is 2. The van der Waals surface area contributed by atoms with E-state index in [0.29, 0.717) is 18.7 Å². The largest absolute Gasteiger partial charge is 0.496 e. The first kappa shape index (κ1) is 15.2. The summed E-state index contributed by atoms with van der Waals surface area (Å²) in [4.78, 5) is 24.9. The molecule has 1 atom stereocenters. The SMILES string of the molecule is COc1ccc(NC(=O)N2CCCCC2C(=O)O)cc1C. The predicted molar refractivity (Wildman–Crippen MR) is 78.7 cm³/mol. The zero-order chi connectivity index (χ0) is 15.4. The molecule has 0 aliphatic carbocycles. The molecule has 1 aromatic rings. The van der Waals surface area contributed by atoms with E-state index in [1.165, 1.54) is 4.90 Å². The number of anilines is 1. The summed E-state index contributed by atoms with van der Waals surface area (Å²) in [7, 11) is 1.59. The normalized spacial score (nSPS) is 18.2. The highest BCUT2D eigenvalue weighted by Crippen LogP contribution is 2.23. The van der Waals surface area contributed by atoms with Crippen LogP contribution in [0.1, 0.15) is 24.8 Å². The van der Waals surface area contributed by atoms with E-state index in [1.54, 1.807) is 25.3 Å². The summed E-state index contributed by atoms with van der Waals surface area (Å²) in [6, 6.07) is 4.21. The number of nitrogens with zero attached hydrogens (tertiary/aromatic N) is 1. The average molecular weight is 292 g/mol. The van der Waals surface area contributed by atoms with Crippen molar-refractivity contribution in [2.24, 2.45) is 0 Å². The fraction of sp³-hybridized carbons (Fsp3) is 0.467. The topological polar surface area (TPSA) is 78.9 Å². The minimum Gasteiger partial charge on any atom is -0.496 e. The maximum Gasteiger partial charge on any atom is 0.326 e. The van der Waals surface area contributed by atoms with Gasteiger partial charge in [0.05, 0.1) is 7.11 Å². The average Bonchev–Trinajstić information content (AvgIpc) is 2.47. The van der Waals surface area contributed by atoms with Crippen LogP contribution in [0.2, 0.25) is 0 Å². The van der Waals surface area contributed by atoms with Crippen LogP contribution in [-0.4, -0.2) is 41.7 Å². The molecule has 0 saturated carbocycles. The number of carbonyl (C=O) groups is 2. The first-order chi connectivity index (χ1) is 10.0. The number of benzene rings is 1. The number of aliphatic carboxylic acids is 1. The van der Waals surface area contributed by atoms with Crippen LogP contribution >= 0.6 is 0 Å². The number of likely N-dealkylation sites (tertiary alicyclic amines) is 1. The van der Waals surface area contributed by atoms with Crippen LogP contribution in [0.25, 0.3) is 0 Å². The third kappa shape index (κ3) is 3.45. The molecule has 1 aliphatic heterocycles. The first-order valence-electron chi connectivity index (χ1n) is 6.98. The van der Waals surface area contributed by atoms with E-state index in [2.05, 4.69) is 5.32 Å². The summed E-state index contributed by atoms with van der Waals surface area (Å²) in [5, 5.41) is 12.0. The van der Waals surface area contributed by atoms with Crippen molar-refractivity contribution < 1.29 is 19.4 Å². The number of aryl methyl sites for hydroxylation is 1. The molecule has 1 saturated heterocycles. The van der Waals surface area contributed by atoms with Crippen LogP contribution in [-0.2, 0) is 4.79 Å². The fourth-order valence-corrected chi connectivity index (χ4v) is 2.58. The zero-order valence-electron chi connectivity index (χ0n) is 12.3. The Morgan fingerprint density at radius 1 is 1.38 bits per heavy atom. The number of amides is 2. The summed E-state index contributed by atoms with van der Waals surface area (Å²) in [6.07, 6.45) is 2.17. The lowest BCUT2D eigenvalue weighted by molar-refractivity contribution is -0.143. The number of urea groups is 1. The lowest BCUT2D eigenvalue weighted by atomic mass is 10.0. The van der Waals surface area contributed by atoms with Crippen molar-refractivity contribution in [3.05, 3.63) is 23.8 Å².